The summed E-state index contributed by atoms with van der Waals surface area (Å²) in [7, 11) is 0. The molecule has 8 nitrogen and oxygen atoms in total. The van der Waals surface area contributed by atoms with Gasteiger partial charge in [-0.05, 0) is 43.7 Å². The molecule has 0 fully saturated rings. The van der Waals surface area contributed by atoms with Crippen LogP contribution >= 0.6 is 12.2 Å². The van der Waals surface area contributed by atoms with E-state index in [0.29, 0.717) is 5.71 Å². The van der Waals surface area contributed by atoms with Gasteiger partial charge in [-0.2, -0.15) is 0 Å². The fraction of sp³-hybridized carbons (Fsp3) is 0.227. The fourth-order valence-electron chi connectivity index (χ4n) is 2.94. The summed E-state index contributed by atoms with van der Waals surface area (Å²) >= 11 is 5.18. The maximum absolute atomic E-state index is 14.7. The second kappa shape index (κ2) is 11.1. The molecule has 2 rings (SSSR count). The van der Waals surface area contributed by atoms with E-state index in [1.165, 1.54) is 6.07 Å². The van der Waals surface area contributed by atoms with Crippen molar-refractivity contribution < 1.29 is 14.0 Å². The van der Waals surface area contributed by atoms with Gasteiger partial charge >= 0.3 is 0 Å². The second-order valence-corrected chi connectivity index (χ2v) is 7.60. The number of amides is 2. The number of anilines is 2. The Balaban J connectivity index is 2.31. The number of carbonyl (C=O) groups excluding carboxylic acids is 2. The zero-order valence-corrected chi connectivity index (χ0v) is 18.6. The number of rotatable bonds is 10. The van der Waals surface area contributed by atoms with Crippen molar-refractivity contribution in [2.45, 2.75) is 32.7 Å². The summed E-state index contributed by atoms with van der Waals surface area (Å²) in [4.78, 5) is 28.2. The van der Waals surface area contributed by atoms with Crippen LogP contribution in [0.1, 0.15) is 36.2 Å². The maximum atomic E-state index is 14.7. The van der Waals surface area contributed by atoms with Gasteiger partial charge in [0.25, 0.3) is 5.91 Å². The number of thiocarbonyl (C=S) groups is 1. The number of benzene rings is 2. The van der Waals surface area contributed by atoms with Crippen LogP contribution in [0.3, 0.4) is 0 Å². The van der Waals surface area contributed by atoms with Crippen molar-refractivity contribution in [3.63, 3.8) is 0 Å². The first-order chi connectivity index (χ1) is 15.1. The Kier molecular flexibility index (Phi) is 8.54. The molecule has 2 amide bonds. The molecule has 0 aliphatic rings. The number of primary amides is 2. The van der Waals surface area contributed by atoms with Crippen LogP contribution in [0.4, 0.5) is 21.5 Å². The smallest absolute Gasteiger partial charge is 0.250 e. The van der Waals surface area contributed by atoms with Crippen molar-refractivity contribution in [2.75, 3.05) is 10.6 Å². The van der Waals surface area contributed by atoms with Crippen molar-refractivity contribution in [1.29, 1.82) is 5.41 Å². The van der Waals surface area contributed by atoms with E-state index in [0.717, 1.165) is 17.3 Å². The van der Waals surface area contributed by atoms with Gasteiger partial charge in [0.05, 0.1) is 27.6 Å². The SMILES string of the molecule is CC=Nc1ccc(CC(Nc2cc(NC(=S)CC(C)=N)c(C(N)=O)cc2F)C(N)=O)cc1. The van der Waals surface area contributed by atoms with E-state index < -0.39 is 23.7 Å². The highest BCUT2D eigenvalue weighted by molar-refractivity contribution is 7.80. The summed E-state index contributed by atoms with van der Waals surface area (Å²) < 4.78 is 14.7. The summed E-state index contributed by atoms with van der Waals surface area (Å²) in [5.41, 5.74) is 12.8. The highest BCUT2D eigenvalue weighted by atomic mass is 32.1. The van der Waals surface area contributed by atoms with Crippen LogP contribution in [0.15, 0.2) is 41.4 Å². The lowest BCUT2D eigenvalue weighted by Gasteiger charge is -2.20. The lowest BCUT2D eigenvalue weighted by Crippen LogP contribution is -2.37. The monoisotopic (exact) mass is 456 g/mol. The summed E-state index contributed by atoms with van der Waals surface area (Å²) in [6, 6.07) is 8.54. The molecule has 0 aliphatic carbocycles. The highest BCUT2D eigenvalue weighted by Crippen LogP contribution is 2.26. The third-order valence-electron chi connectivity index (χ3n) is 4.40. The largest absolute Gasteiger partial charge is 0.371 e. The number of nitrogens with two attached hydrogens (primary N) is 2. The van der Waals surface area contributed by atoms with Gasteiger partial charge < -0.3 is 27.5 Å². The number of hydrogen-bond donors (Lipinski definition) is 5. The highest BCUT2D eigenvalue weighted by Gasteiger charge is 2.21. The van der Waals surface area contributed by atoms with E-state index in [1.807, 2.05) is 0 Å². The van der Waals surface area contributed by atoms with Crippen LogP contribution in [-0.2, 0) is 11.2 Å². The molecular formula is C22H25FN6O2S. The molecule has 32 heavy (non-hydrogen) atoms. The molecule has 0 radical (unpaired) electrons. The molecule has 0 saturated heterocycles. The van der Waals surface area contributed by atoms with Gasteiger partial charge in [-0.15, -0.1) is 0 Å². The van der Waals surface area contributed by atoms with E-state index in [4.69, 9.17) is 29.1 Å². The van der Waals surface area contributed by atoms with Crippen molar-refractivity contribution >= 4 is 58.0 Å². The molecule has 1 unspecified atom stereocenters. The molecule has 0 bridgehead atoms. The standard InChI is InChI=1S/C22H25FN6O2S/c1-3-27-14-6-4-13(5-7-14)9-19(22(26)31)28-18-11-17(29-20(32)8-12(2)24)15(21(25)30)10-16(18)23/h3-7,10-11,19,24,28H,8-9H2,1-2H3,(H2,25,30)(H2,26,31)(H,29,32). The van der Waals surface area contributed by atoms with Crippen LogP contribution in [0.25, 0.3) is 0 Å². The van der Waals surface area contributed by atoms with Crippen LogP contribution in [0.2, 0.25) is 0 Å². The Hall–Kier alpha value is -3.66. The van der Waals surface area contributed by atoms with Crippen molar-refractivity contribution in [3.05, 3.63) is 53.3 Å². The third-order valence-corrected chi connectivity index (χ3v) is 4.65. The predicted octanol–water partition coefficient (Wildman–Crippen LogP) is 3.32. The molecule has 168 valence electrons. The molecule has 2 aromatic carbocycles. The minimum absolute atomic E-state index is 0.0529. The van der Waals surface area contributed by atoms with E-state index in [2.05, 4.69) is 15.6 Å². The molecule has 0 saturated carbocycles. The van der Waals surface area contributed by atoms with Gasteiger partial charge in [-0.3, -0.25) is 14.6 Å². The Labute approximate surface area is 190 Å². The topological polar surface area (TPSA) is 146 Å². The second-order valence-electron chi connectivity index (χ2n) is 7.10. The first-order valence-electron chi connectivity index (χ1n) is 9.71. The van der Waals surface area contributed by atoms with Gasteiger partial charge in [0.15, 0.2) is 0 Å². The molecule has 0 aromatic heterocycles. The van der Waals surface area contributed by atoms with Crippen LogP contribution in [-0.4, -0.2) is 34.8 Å². The predicted molar refractivity (Wildman–Crippen MR) is 130 cm³/mol. The third kappa shape index (κ3) is 6.95. The summed E-state index contributed by atoms with van der Waals surface area (Å²) in [6.07, 6.45) is 2.04. The lowest BCUT2D eigenvalue weighted by molar-refractivity contribution is -0.118. The zero-order valence-electron chi connectivity index (χ0n) is 17.7. The quantitative estimate of drug-likeness (QED) is 0.275. The minimum atomic E-state index is -0.923. The van der Waals surface area contributed by atoms with Gasteiger partial charge in [-0.1, -0.05) is 24.4 Å². The summed E-state index contributed by atoms with van der Waals surface area (Å²) in [5.74, 6) is -2.31. The van der Waals surface area contributed by atoms with Gasteiger partial charge in [0.2, 0.25) is 5.91 Å². The Morgan fingerprint density at radius 3 is 2.41 bits per heavy atom. The van der Waals surface area contributed by atoms with Crippen LogP contribution < -0.4 is 22.1 Å². The number of halogens is 1. The van der Waals surface area contributed by atoms with E-state index >= 15 is 0 Å². The normalized spacial score (nSPS) is 11.7. The Morgan fingerprint density at radius 2 is 1.88 bits per heavy atom. The summed E-state index contributed by atoms with van der Waals surface area (Å²) in [5, 5.41) is 13.2. The molecule has 1 atom stereocenters. The van der Waals surface area contributed by atoms with Crippen molar-refractivity contribution in [3.8, 4) is 0 Å². The molecule has 2 aromatic rings. The first kappa shape index (κ1) is 24.6. The average molecular weight is 457 g/mol. The fourth-order valence-corrected chi connectivity index (χ4v) is 3.27. The number of nitrogens with one attached hydrogen (secondary N) is 3. The average Bonchev–Trinajstić information content (AvgIpc) is 2.70. The lowest BCUT2D eigenvalue weighted by atomic mass is 10.0. The number of nitrogens with zero attached hydrogens (tertiary/aromatic N) is 1. The Morgan fingerprint density at radius 1 is 1.22 bits per heavy atom. The van der Waals surface area contributed by atoms with E-state index in [9.17, 15) is 14.0 Å². The number of hydrogen-bond acceptors (Lipinski definition) is 6. The van der Waals surface area contributed by atoms with Crippen molar-refractivity contribution in [2.24, 2.45) is 16.5 Å². The van der Waals surface area contributed by atoms with E-state index in [-0.39, 0.29) is 34.8 Å². The van der Waals surface area contributed by atoms with Gasteiger partial charge in [-0.25, -0.2) is 4.39 Å². The maximum Gasteiger partial charge on any atom is 0.250 e. The molecule has 7 N–H and O–H groups in total. The van der Waals surface area contributed by atoms with E-state index in [1.54, 1.807) is 44.3 Å². The zero-order chi connectivity index (χ0) is 23.8. The van der Waals surface area contributed by atoms with Crippen LogP contribution in [0.5, 0.6) is 0 Å². The molecule has 10 heteroatoms. The van der Waals surface area contributed by atoms with Gasteiger partial charge in [0.1, 0.15) is 11.9 Å². The first-order valence-corrected chi connectivity index (χ1v) is 10.1. The minimum Gasteiger partial charge on any atom is -0.371 e. The molecule has 0 aliphatic heterocycles. The van der Waals surface area contributed by atoms with Crippen molar-refractivity contribution in [1.82, 2.24) is 0 Å². The van der Waals surface area contributed by atoms with Gasteiger partial charge in [0, 0.05) is 24.8 Å². The summed E-state index contributed by atoms with van der Waals surface area (Å²) in [6.45, 7) is 3.39. The number of carbonyl (C=O) groups is 2. The molecule has 0 heterocycles. The van der Waals surface area contributed by atoms with Crippen LogP contribution in [0, 0.1) is 11.2 Å². The number of aliphatic imine (C=N–C) groups is 1. The molecular weight excluding hydrogens is 431 g/mol. The molecule has 0 spiro atoms. The Bertz CT molecular complexity index is 1070.